The van der Waals surface area contributed by atoms with Gasteiger partial charge in [-0.2, -0.15) is 0 Å². The highest BCUT2D eigenvalue weighted by Gasteiger charge is 2.20. The fourth-order valence-corrected chi connectivity index (χ4v) is 1.82. The lowest BCUT2D eigenvalue weighted by atomic mass is 10.1. The monoisotopic (exact) mass is 314 g/mol. The third-order valence-corrected chi connectivity index (χ3v) is 2.78. The van der Waals surface area contributed by atoms with Crippen LogP contribution in [0.3, 0.4) is 0 Å². The quantitative estimate of drug-likeness (QED) is 0.798. The molecular formula is C12H19BrN4O. The minimum Gasteiger partial charge on any atom is -0.396 e. The number of nitrogens with one attached hydrogen (secondary N) is 2. The second-order valence-electron chi connectivity index (χ2n) is 5.19. The first kappa shape index (κ1) is 14.8. The van der Waals surface area contributed by atoms with Crippen LogP contribution in [0.1, 0.15) is 27.7 Å². The van der Waals surface area contributed by atoms with E-state index in [2.05, 4.69) is 31.5 Å². The van der Waals surface area contributed by atoms with Gasteiger partial charge in [-0.1, -0.05) is 0 Å². The molecule has 1 rings (SSSR count). The summed E-state index contributed by atoms with van der Waals surface area (Å²) in [4.78, 5) is 15.9. The van der Waals surface area contributed by atoms with Gasteiger partial charge < -0.3 is 16.4 Å². The fourth-order valence-electron chi connectivity index (χ4n) is 1.36. The molecule has 1 aromatic rings. The van der Waals surface area contributed by atoms with E-state index in [9.17, 15) is 4.79 Å². The van der Waals surface area contributed by atoms with Crippen molar-refractivity contribution in [3.8, 4) is 0 Å². The Morgan fingerprint density at radius 1 is 1.44 bits per heavy atom. The maximum absolute atomic E-state index is 11.9. The van der Waals surface area contributed by atoms with Crippen LogP contribution in [0, 0.1) is 0 Å². The van der Waals surface area contributed by atoms with Gasteiger partial charge in [0, 0.05) is 11.7 Å². The number of carbonyl (C=O) groups is 1. The minimum absolute atomic E-state index is 0.0781. The van der Waals surface area contributed by atoms with Gasteiger partial charge in [0.25, 0.3) is 0 Å². The summed E-state index contributed by atoms with van der Waals surface area (Å²) >= 11 is 3.35. The van der Waals surface area contributed by atoms with Crippen LogP contribution in [0.25, 0.3) is 0 Å². The van der Waals surface area contributed by atoms with Crippen molar-refractivity contribution in [2.75, 3.05) is 11.1 Å². The van der Waals surface area contributed by atoms with Crippen molar-refractivity contribution in [2.24, 2.45) is 0 Å². The molecule has 0 bridgehead atoms. The zero-order valence-electron chi connectivity index (χ0n) is 11.0. The Morgan fingerprint density at radius 3 is 2.56 bits per heavy atom. The molecule has 5 nitrogen and oxygen atoms in total. The fraction of sp³-hybridized carbons (Fsp3) is 0.500. The molecule has 1 heterocycles. The van der Waals surface area contributed by atoms with Crippen LogP contribution < -0.4 is 16.4 Å². The Morgan fingerprint density at radius 2 is 2.06 bits per heavy atom. The Balaban J connectivity index is 2.76. The summed E-state index contributed by atoms with van der Waals surface area (Å²) in [6.07, 6.45) is 3.18. The third-order valence-electron chi connectivity index (χ3n) is 2.18. The van der Waals surface area contributed by atoms with E-state index < -0.39 is 0 Å². The Labute approximate surface area is 116 Å². The highest BCUT2D eigenvalue weighted by atomic mass is 79.9. The Bertz CT molecular complexity index is 422. The number of anilines is 2. The van der Waals surface area contributed by atoms with E-state index in [1.54, 1.807) is 19.3 Å². The van der Waals surface area contributed by atoms with Crippen molar-refractivity contribution in [1.29, 1.82) is 0 Å². The number of halogens is 1. The van der Waals surface area contributed by atoms with Crippen LogP contribution >= 0.6 is 15.9 Å². The van der Waals surface area contributed by atoms with Gasteiger partial charge in [-0.3, -0.25) is 9.78 Å². The number of hydrogen-bond acceptors (Lipinski definition) is 4. The average Bonchev–Trinajstić information content (AvgIpc) is 2.21. The predicted octanol–water partition coefficient (Wildman–Crippen LogP) is 2.14. The van der Waals surface area contributed by atoms with Crippen molar-refractivity contribution in [3.05, 3.63) is 16.9 Å². The van der Waals surface area contributed by atoms with Gasteiger partial charge in [0.05, 0.1) is 22.0 Å². The van der Waals surface area contributed by atoms with E-state index in [1.807, 2.05) is 20.8 Å². The molecule has 100 valence electrons. The van der Waals surface area contributed by atoms with Gasteiger partial charge in [0.1, 0.15) is 6.04 Å². The molecule has 1 atom stereocenters. The first-order chi connectivity index (χ1) is 8.20. The van der Waals surface area contributed by atoms with Gasteiger partial charge in [-0.15, -0.1) is 0 Å². The molecule has 1 amide bonds. The number of rotatable bonds is 3. The van der Waals surface area contributed by atoms with E-state index in [-0.39, 0.29) is 17.5 Å². The smallest absolute Gasteiger partial charge is 0.242 e. The highest BCUT2D eigenvalue weighted by molar-refractivity contribution is 9.10. The standard InChI is InChI=1S/C12H19BrN4O/c1-7(11(18)17-12(2,3)4)16-10-8(13)5-15-6-9(10)14/h5-7H,14H2,1-4H3,(H,15,16)(H,17,18). The van der Waals surface area contributed by atoms with E-state index in [0.29, 0.717) is 11.4 Å². The number of amides is 1. The average molecular weight is 315 g/mol. The highest BCUT2D eigenvalue weighted by Crippen LogP contribution is 2.27. The van der Waals surface area contributed by atoms with Crippen molar-refractivity contribution in [2.45, 2.75) is 39.3 Å². The van der Waals surface area contributed by atoms with Crippen LogP contribution in [-0.4, -0.2) is 22.5 Å². The van der Waals surface area contributed by atoms with Crippen LogP contribution in [0.4, 0.5) is 11.4 Å². The summed E-state index contributed by atoms with van der Waals surface area (Å²) < 4.78 is 0.734. The number of nitrogen functional groups attached to an aromatic ring is 1. The van der Waals surface area contributed by atoms with E-state index >= 15 is 0 Å². The number of pyridine rings is 1. The molecule has 4 N–H and O–H groups in total. The van der Waals surface area contributed by atoms with Crippen molar-refractivity contribution in [3.63, 3.8) is 0 Å². The normalized spacial score (nSPS) is 12.9. The molecule has 6 heteroatoms. The SMILES string of the molecule is CC(Nc1c(N)cncc1Br)C(=O)NC(C)(C)C. The summed E-state index contributed by atoms with van der Waals surface area (Å²) in [5.74, 6) is -0.0781. The molecule has 0 aromatic carbocycles. The molecule has 0 saturated heterocycles. The number of aromatic nitrogens is 1. The zero-order valence-corrected chi connectivity index (χ0v) is 12.6. The molecule has 1 unspecified atom stereocenters. The predicted molar refractivity (Wildman–Crippen MR) is 77.3 cm³/mol. The molecule has 0 aliphatic rings. The van der Waals surface area contributed by atoms with Gasteiger partial charge in [0.2, 0.25) is 5.91 Å². The van der Waals surface area contributed by atoms with Crippen LogP contribution in [-0.2, 0) is 4.79 Å². The number of hydrogen-bond donors (Lipinski definition) is 3. The summed E-state index contributed by atoms with van der Waals surface area (Å²) in [5.41, 5.74) is 6.74. The molecule has 1 aromatic heterocycles. The van der Waals surface area contributed by atoms with Crippen molar-refractivity contribution < 1.29 is 4.79 Å². The maximum atomic E-state index is 11.9. The first-order valence-electron chi connectivity index (χ1n) is 5.68. The second kappa shape index (κ2) is 5.56. The summed E-state index contributed by atoms with van der Waals surface area (Å²) in [5, 5.41) is 5.98. The van der Waals surface area contributed by atoms with Crippen LogP contribution in [0.2, 0.25) is 0 Å². The molecule has 0 aliphatic heterocycles. The topological polar surface area (TPSA) is 80.0 Å². The third kappa shape index (κ3) is 4.18. The largest absolute Gasteiger partial charge is 0.396 e. The molecular weight excluding hydrogens is 296 g/mol. The molecule has 0 radical (unpaired) electrons. The van der Waals surface area contributed by atoms with Crippen molar-refractivity contribution >= 4 is 33.2 Å². The van der Waals surface area contributed by atoms with E-state index in [0.717, 1.165) is 4.47 Å². The molecule has 0 aliphatic carbocycles. The molecule has 0 spiro atoms. The van der Waals surface area contributed by atoms with Crippen LogP contribution in [0.5, 0.6) is 0 Å². The second-order valence-corrected chi connectivity index (χ2v) is 6.05. The van der Waals surface area contributed by atoms with E-state index in [1.165, 1.54) is 0 Å². The number of carbonyl (C=O) groups excluding carboxylic acids is 1. The summed E-state index contributed by atoms with van der Waals surface area (Å²) in [6, 6.07) is -0.384. The Hall–Kier alpha value is -1.30. The number of nitrogens with two attached hydrogens (primary N) is 1. The van der Waals surface area contributed by atoms with E-state index in [4.69, 9.17) is 5.73 Å². The summed E-state index contributed by atoms with van der Waals surface area (Å²) in [7, 11) is 0. The van der Waals surface area contributed by atoms with Gasteiger partial charge >= 0.3 is 0 Å². The lowest BCUT2D eigenvalue weighted by Crippen LogP contribution is -2.47. The summed E-state index contributed by atoms with van der Waals surface area (Å²) in [6.45, 7) is 7.60. The lowest BCUT2D eigenvalue weighted by molar-refractivity contribution is -0.122. The molecule has 0 saturated carbocycles. The molecule has 18 heavy (non-hydrogen) atoms. The van der Waals surface area contributed by atoms with Gasteiger partial charge in [-0.25, -0.2) is 0 Å². The van der Waals surface area contributed by atoms with Crippen molar-refractivity contribution in [1.82, 2.24) is 10.3 Å². The minimum atomic E-state index is -0.384. The number of nitrogens with zero attached hydrogens (tertiary/aromatic N) is 1. The van der Waals surface area contributed by atoms with Gasteiger partial charge in [-0.05, 0) is 43.6 Å². The van der Waals surface area contributed by atoms with Gasteiger partial charge in [0.15, 0.2) is 0 Å². The zero-order chi connectivity index (χ0) is 13.9. The molecule has 0 fully saturated rings. The first-order valence-corrected chi connectivity index (χ1v) is 6.47. The maximum Gasteiger partial charge on any atom is 0.242 e. The Kier molecular flexibility index (Phi) is 4.56. The van der Waals surface area contributed by atoms with Crippen LogP contribution in [0.15, 0.2) is 16.9 Å². The lowest BCUT2D eigenvalue weighted by Gasteiger charge is -2.24.